The normalized spacial score (nSPS) is 26.2. The van der Waals surface area contributed by atoms with Crippen molar-refractivity contribution in [3.05, 3.63) is 0 Å². The van der Waals surface area contributed by atoms with Crippen LogP contribution in [0, 0.1) is 11.8 Å². The first kappa shape index (κ1) is 9.58. The minimum Gasteiger partial charge on any atom is -0.441 e. The van der Waals surface area contributed by atoms with Gasteiger partial charge in [-0.1, -0.05) is 25.7 Å². The van der Waals surface area contributed by atoms with Crippen LogP contribution in [0.5, 0.6) is 0 Å². The molecule has 0 spiro atoms. The van der Waals surface area contributed by atoms with Gasteiger partial charge in [0.05, 0.1) is 0 Å². The maximum Gasteiger partial charge on any atom is 0.257 e. The zero-order valence-corrected chi connectivity index (χ0v) is 8.80. The van der Waals surface area contributed by atoms with E-state index in [-0.39, 0.29) is 0 Å². The van der Waals surface area contributed by atoms with Gasteiger partial charge in [0.15, 0.2) is 0 Å². The molecular weight excluding hydrogens is 159 g/mol. The Morgan fingerprint density at radius 1 is 0.846 bits per heavy atom. The van der Waals surface area contributed by atoms with E-state index in [2.05, 4.69) is 0 Å². The van der Waals surface area contributed by atoms with Gasteiger partial charge in [0.2, 0.25) is 0 Å². The third-order valence-corrected chi connectivity index (χ3v) is 4.00. The molecule has 1 nitrogen and oxygen atoms in total. The molecule has 0 aromatic rings. The van der Waals surface area contributed by atoms with E-state index >= 15 is 0 Å². The summed E-state index contributed by atoms with van der Waals surface area (Å²) >= 11 is 0. The Bertz CT molecular complexity index is 132. The van der Waals surface area contributed by atoms with Gasteiger partial charge in [-0.25, -0.2) is 0 Å². The van der Waals surface area contributed by atoms with Gasteiger partial charge >= 0.3 is 0 Å². The number of hydrogen-bond donors (Lipinski definition) is 0. The molecule has 0 aliphatic heterocycles. The van der Waals surface area contributed by atoms with Gasteiger partial charge in [-0.3, -0.25) is 0 Å². The van der Waals surface area contributed by atoms with Gasteiger partial charge < -0.3 is 4.65 Å². The quantitative estimate of drug-likeness (QED) is 0.605. The Hall–Kier alpha value is 0.0249. The van der Waals surface area contributed by atoms with Gasteiger partial charge in [-0.15, -0.1) is 0 Å². The highest BCUT2D eigenvalue weighted by atomic mass is 16.4. The Morgan fingerprint density at radius 3 is 1.54 bits per heavy atom. The van der Waals surface area contributed by atoms with Gasteiger partial charge in [-0.05, 0) is 37.5 Å². The molecule has 0 amide bonds. The molecule has 0 bridgehead atoms. The molecule has 13 heavy (non-hydrogen) atoms. The maximum atomic E-state index is 5.72. The molecule has 0 unspecified atom stereocenters. The van der Waals surface area contributed by atoms with Crippen molar-refractivity contribution in [1.29, 1.82) is 0 Å². The van der Waals surface area contributed by atoms with Crippen LogP contribution in [0.4, 0.5) is 0 Å². The Balaban J connectivity index is 1.90. The van der Waals surface area contributed by atoms with Crippen LogP contribution in [0.2, 0.25) is 0 Å². The van der Waals surface area contributed by atoms with Crippen LogP contribution >= 0.6 is 0 Å². The van der Waals surface area contributed by atoms with Crippen molar-refractivity contribution < 1.29 is 4.65 Å². The van der Waals surface area contributed by atoms with E-state index in [0.29, 0.717) is 6.10 Å². The average molecular weight is 180 g/mol. The summed E-state index contributed by atoms with van der Waals surface area (Å²) in [6.07, 6.45) is 12.1. The lowest BCUT2D eigenvalue weighted by molar-refractivity contribution is 0.0886. The molecule has 0 N–H and O–H groups in total. The topological polar surface area (TPSA) is 9.23 Å². The van der Waals surface area contributed by atoms with Crippen LogP contribution in [0.15, 0.2) is 0 Å². The van der Waals surface area contributed by atoms with Crippen molar-refractivity contribution in [2.24, 2.45) is 11.8 Å². The summed E-state index contributed by atoms with van der Waals surface area (Å²) in [4.78, 5) is 0. The fourth-order valence-corrected chi connectivity index (χ4v) is 3.34. The average Bonchev–Trinajstić information content (AvgIpc) is 2.76. The van der Waals surface area contributed by atoms with Crippen LogP contribution in [0.3, 0.4) is 0 Å². The van der Waals surface area contributed by atoms with E-state index in [4.69, 9.17) is 4.65 Å². The predicted molar refractivity (Wildman–Crippen MR) is 57.3 cm³/mol. The minimum absolute atomic E-state index is 0.602. The SMILES string of the molecule is BOC(C1CCCC1)C1CCCC1. The van der Waals surface area contributed by atoms with Crippen molar-refractivity contribution in [2.45, 2.75) is 57.5 Å². The first-order valence-corrected chi connectivity index (χ1v) is 5.94. The van der Waals surface area contributed by atoms with E-state index in [1.165, 1.54) is 51.4 Å². The fourth-order valence-electron chi connectivity index (χ4n) is 3.34. The second-order valence-corrected chi connectivity index (χ2v) is 4.79. The molecule has 74 valence electrons. The van der Waals surface area contributed by atoms with Crippen molar-refractivity contribution in [3.8, 4) is 0 Å². The zero-order valence-electron chi connectivity index (χ0n) is 8.80. The predicted octanol–water partition coefficient (Wildman–Crippen LogP) is 2.30. The second kappa shape index (κ2) is 4.50. The summed E-state index contributed by atoms with van der Waals surface area (Å²) in [5.74, 6) is 1.79. The molecular formula is C11H21BO. The molecule has 2 heteroatoms. The molecule has 2 saturated carbocycles. The van der Waals surface area contributed by atoms with Gasteiger partial charge in [0.25, 0.3) is 8.05 Å². The van der Waals surface area contributed by atoms with Crippen LogP contribution in [0.25, 0.3) is 0 Å². The monoisotopic (exact) mass is 180 g/mol. The molecule has 2 aliphatic carbocycles. The summed E-state index contributed by atoms with van der Waals surface area (Å²) in [6, 6.07) is 0. The first-order chi connectivity index (χ1) is 6.42. The summed E-state index contributed by atoms with van der Waals surface area (Å²) in [5, 5.41) is 0. The van der Waals surface area contributed by atoms with Crippen molar-refractivity contribution >= 4 is 8.05 Å². The fraction of sp³-hybridized carbons (Fsp3) is 1.00. The van der Waals surface area contributed by atoms with Gasteiger partial charge in [-0.2, -0.15) is 0 Å². The van der Waals surface area contributed by atoms with Crippen LogP contribution in [0.1, 0.15) is 51.4 Å². The smallest absolute Gasteiger partial charge is 0.257 e. The summed E-state index contributed by atoms with van der Waals surface area (Å²) < 4.78 is 5.72. The molecule has 0 radical (unpaired) electrons. The highest BCUT2D eigenvalue weighted by Gasteiger charge is 2.32. The highest BCUT2D eigenvalue weighted by molar-refractivity contribution is 5.98. The Labute approximate surface area is 82.7 Å². The largest absolute Gasteiger partial charge is 0.441 e. The van der Waals surface area contributed by atoms with Crippen molar-refractivity contribution in [1.82, 2.24) is 0 Å². The second-order valence-electron chi connectivity index (χ2n) is 4.79. The van der Waals surface area contributed by atoms with Crippen LogP contribution < -0.4 is 0 Å². The standard InChI is InChI=1S/C11H21BO/c12-13-11(9-5-1-2-6-9)10-7-3-4-8-10/h9-11H,1-8,12H2. The van der Waals surface area contributed by atoms with Crippen LogP contribution in [-0.2, 0) is 4.65 Å². The summed E-state index contributed by atoms with van der Waals surface area (Å²) in [6.45, 7) is 0. The van der Waals surface area contributed by atoms with E-state index in [1.807, 2.05) is 8.05 Å². The Kier molecular flexibility index (Phi) is 3.31. The molecule has 2 fully saturated rings. The molecule has 0 saturated heterocycles. The number of hydrogen-bond acceptors (Lipinski definition) is 1. The third-order valence-electron chi connectivity index (χ3n) is 4.00. The van der Waals surface area contributed by atoms with Gasteiger partial charge in [0.1, 0.15) is 0 Å². The van der Waals surface area contributed by atoms with Crippen molar-refractivity contribution in [2.75, 3.05) is 0 Å². The molecule has 0 aromatic heterocycles. The zero-order chi connectivity index (χ0) is 9.10. The molecule has 0 atom stereocenters. The van der Waals surface area contributed by atoms with Crippen LogP contribution in [-0.4, -0.2) is 14.2 Å². The maximum absolute atomic E-state index is 5.72. The molecule has 2 aliphatic rings. The van der Waals surface area contributed by atoms with E-state index in [9.17, 15) is 0 Å². The lowest BCUT2D eigenvalue weighted by atomic mass is 9.88. The summed E-state index contributed by atoms with van der Waals surface area (Å²) in [7, 11) is 1.92. The highest BCUT2D eigenvalue weighted by Crippen LogP contribution is 2.38. The first-order valence-electron chi connectivity index (χ1n) is 5.94. The number of rotatable bonds is 3. The third kappa shape index (κ3) is 2.09. The molecule has 0 heterocycles. The summed E-state index contributed by atoms with van der Waals surface area (Å²) in [5.41, 5.74) is 0. The van der Waals surface area contributed by atoms with E-state index in [0.717, 1.165) is 11.8 Å². The van der Waals surface area contributed by atoms with Gasteiger partial charge in [0, 0.05) is 6.10 Å². The van der Waals surface area contributed by atoms with E-state index < -0.39 is 0 Å². The van der Waals surface area contributed by atoms with Crippen molar-refractivity contribution in [3.63, 3.8) is 0 Å². The molecule has 2 rings (SSSR count). The lowest BCUT2D eigenvalue weighted by Gasteiger charge is -2.28. The Morgan fingerprint density at radius 2 is 1.23 bits per heavy atom. The molecule has 0 aromatic carbocycles. The lowest BCUT2D eigenvalue weighted by Crippen LogP contribution is -2.28. The van der Waals surface area contributed by atoms with E-state index in [1.54, 1.807) is 0 Å². The minimum atomic E-state index is 0.602.